The molecule has 0 heterocycles. The standard InChI is InChI=1S/C15H15F/c1-3-12-5-4-6-13(9-12)14-7-11(2)8-15(16)10-14/h4-10H,3H2,1-2H3. The number of hydrogen-bond donors (Lipinski definition) is 0. The fraction of sp³-hybridized carbons (Fsp3) is 0.200. The first-order valence-electron chi connectivity index (χ1n) is 5.55. The van der Waals surface area contributed by atoms with E-state index in [1.807, 2.05) is 25.1 Å². The van der Waals surface area contributed by atoms with E-state index < -0.39 is 0 Å². The monoisotopic (exact) mass is 214 g/mol. The lowest BCUT2D eigenvalue weighted by atomic mass is 10.0. The Morgan fingerprint density at radius 3 is 2.50 bits per heavy atom. The van der Waals surface area contributed by atoms with Crippen LogP contribution in [0.3, 0.4) is 0 Å². The molecule has 0 amide bonds. The normalized spacial score (nSPS) is 10.4. The maximum atomic E-state index is 13.3. The third-order valence-electron chi connectivity index (χ3n) is 2.71. The van der Waals surface area contributed by atoms with Crippen LogP contribution in [0, 0.1) is 12.7 Å². The molecule has 0 radical (unpaired) electrons. The summed E-state index contributed by atoms with van der Waals surface area (Å²) in [7, 11) is 0. The third kappa shape index (κ3) is 2.30. The molecule has 2 aromatic rings. The fourth-order valence-corrected chi connectivity index (χ4v) is 1.87. The predicted octanol–water partition coefficient (Wildman–Crippen LogP) is 4.36. The summed E-state index contributed by atoms with van der Waals surface area (Å²) in [5.74, 6) is -0.170. The van der Waals surface area contributed by atoms with Gasteiger partial charge >= 0.3 is 0 Å². The first-order chi connectivity index (χ1) is 7.69. The van der Waals surface area contributed by atoms with Crippen molar-refractivity contribution in [2.75, 3.05) is 0 Å². The first kappa shape index (κ1) is 10.9. The van der Waals surface area contributed by atoms with Crippen molar-refractivity contribution in [1.82, 2.24) is 0 Å². The Kier molecular flexibility index (Phi) is 3.04. The summed E-state index contributed by atoms with van der Waals surface area (Å²) in [6.07, 6.45) is 1.00. The van der Waals surface area contributed by atoms with Gasteiger partial charge in [0.15, 0.2) is 0 Å². The van der Waals surface area contributed by atoms with E-state index in [0.717, 1.165) is 23.1 Å². The number of aryl methyl sites for hydroxylation is 2. The molecule has 0 saturated heterocycles. The number of hydrogen-bond acceptors (Lipinski definition) is 0. The molecule has 0 aliphatic rings. The van der Waals surface area contributed by atoms with Crippen LogP contribution in [0.5, 0.6) is 0 Å². The Balaban J connectivity index is 2.49. The van der Waals surface area contributed by atoms with Gasteiger partial charge < -0.3 is 0 Å². The van der Waals surface area contributed by atoms with Crippen molar-refractivity contribution in [2.24, 2.45) is 0 Å². The average Bonchev–Trinajstić information content (AvgIpc) is 2.28. The van der Waals surface area contributed by atoms with Gasteiger partial charge in [0.05, 0.1) is 0 Å². The molecule has 0 N–H and O–H groups in total. The van der Waals surface area contributed by atoms with Crippen LogP contribution in [0.15, 0.2) is 42.5 Å². The highest BCUT2D eigenvalue weighted by Gasteiger charge is 2.01. The zero-order chi connectivity index (χ0) is 11.5. The van der Waals surface area contributed by atoms with E-state index in [2.05, 4.69) is 19.1 Å². The van der Waals surface area contributed by atoms with E-state index in [9.17, 15) is 4.39 Å². The summed E-state index contributed by atoms with van der Waals surface area (Å²) in [5.41, 5.74) is 4.27. The smallest absolute Gasteiger partial charge is 0.124 e. The predicted molar refractivity (Wildman–Crippen MR) is 66.0 cm³/mol. The van der Waals surface area contributed by atoms with Gasteiger partial charge in [-0.15, -0.1) is 0 Å². The van der Waals surface area contributed by atoms with Crippen molar-refractivity contribution in [2.45, 2.75) is 20.3 Å². The van der Waals surface area contributed by atoms with Crippen molar-refractivity contribution in [3.63, 3.8) is 0 Å². The molecule has 1 heteroatoms. The Morgan fingerprint density at radius 2 is 1.81 bits per heavy atom. The number of halogens is 1. The van der Waals surface area contributed by atoms with Crippen LogP contribution in [0.4, 0.5) is 4.39 Å². The summed E-state index contributed by atoms with van der Waals surface area (Å²) in [6, 6.07) is 13.4. The minimum Gasteiger partial charge on any atom is -0.207 e. The molecular weight excluding hydrogens is 199 g/mol. The highest BCUT2D eigenvalue weighted by molar-refractivity contribution is 5.65. The maximum absolute atomic E-state index is 13.3. The molecule has 0 aliphatic heterocycles. The lowest BCUT2D eigenvalue weighted by Crippen LogP contribution is -1.85. The van der Waals surface area contributed by atoms with Crippen LogP contribution < -0.4 is 0 Å². The van der Waals surface area contributed by atoms with Crippen LogP contribution in [0.25, 0.3) is 11.1 Å². The first-order valence-corrected chi connectivity index (χ1v) is 5.55. The van der Waals surface area contributed by atoms with E-state index in [0.29, 0.717) is 0 Å². The molecule has 0 aliphatic carbocycles. The second-order valence-corrected chi connectivity index (χ2v) is 4.07. The molecule has 82 valence electrons. The Morgan fingerprint density at radius 1 is 1.00 bits per heavy atom. The molecular formula is C15H15F. The van der Waals surface area contributed by atoms with E-state index in [-0.39, 0.29) is 5.82 Å². The van der Waals surface area contributed by atoms with Crippen LogP contribution >= 0.6 is 0 Å². The van der Waals surface area contributed by atoms with Gasteiger partial charge in [-0.2, -0.15) is 0 Å². The van der Waals surface area contributed by atoms with Gasteiger partial charge in [0.25, 0.3) is 0 Å². The Hall–Kier alpha value is -1.63. The molecule has 0 nitrogen and oxygen atoms in total. The molecule has 0 unspecified atom stereocenters. The van der Waals surface area contributed by atoms with E-state index in [1.165, 1.54) is 5.56 Å². The summed E-state index contributed by atoms with van der Waals surface area (Å²) >= 11 is 0. The summed E-state index contributed by atoms with van der Waals surface area (Å²) < 4.78 is 13.3. The van der Waals surface area contributed by atoms with Crippen LogP contribution in [0.2, 0.25) is 0 Å². The van der Waals surface area contributed by atoms with Gasteiger partial charge in [-0.3, -0.25) is 0 Å². The van der Waals surface area contributed by atoms with Gasteiger partial charge in [-0.1, -0.05) is 37.3 Å². The summed E-state index contributed by atoms with van der Waals surface area (Å²) in [4.78, 5) is 0. The lowest BCUT2D eigenvalue weighted by molar-refractivity contribution is 0.627. The van der Waals surface area contributed by atoms with Gasteiger partial charge in [-0.05, 0) is 47.7 Å². The number of rotatable bonds is 2. The van der Waals surface area contributed by atoms with Crippen molar-refractivity contribution < 1.29 is 4.39 Å². The summed E-state index contributed by atoms with van der Waals surface area (Å²) in [6.45, 7) is 4.03. The van der Waals surface area contributed by atoms with Crippen molar-refractivity contribution in [3.05, 3.63) is 59.4 Å². The van der Waals surface area contributed by atoms with Crippen LogP contribution in [0.1, 0.15) is 18.1 Å². The molecule has 16 heavy (non-hydrogen) atoms. The van der Waals surface area contributed by atoms with E-state index >= 15 is 0 Å². The van der Waals surface area contributed by atoms with Gasteiger partial charge in [0.2, 0.25) is 0 Å². The Labute approximate surface area is 95.7 Å². The number of benzene rings is 2. The Bertz CT molecular complexity index is 480. The van der Waals surface area contributed by atoms with Gasteiger partial charge in [0.1, 0.15) is 5.82 Å². The van der Waals surface area contributed by atoms with Crippen molar-refractivity contribution in [3.8, 4) is 11.1 Å². The van der Waals surface area contributed by atoms with E-state index in [1.54, 1.807) is 12.1 Å². The van der Waals surface area contributed by atoms with E-state index in [4.69, 9.17) is 0 Å². The zero-order valence-electron chi connectivity index (χ0n) is 9.63. The minimum atomic E-state index is -0.170. The quantitative estimate of drug-likeness (QED) is 0.696. The average molecular weight is 214 g/mol. The highest BCUT2D eigenvalue weighted by atomic mass is 19.1. The molecule has 0 fully saturated rings. The minimum absolute atomic E-state index is 0.170. The molecule has 0 saturated carbocycles. The zero-order valence-corrected chi connectivity index (χ0v) is 9.63. The SMILES string of the molecule is CCc1cccc(-c2cc(C)cc(F)c2)c1. The summed E-state index contributed by atoms with van der Waals surface area (Å²) in [5, 5.41) is 0. The van der Waals surface area contributed by atoms with Crippen molar-refractivity contribution >= 4 is 0 Å². The molecule has 0 aromatic heterocycles. The third-order valence-corrected chi connectivity index (χ3v) is 2.71. The topological polar surface area (TPSA) is 0 Å². The van der Waals surface area contributed by atoms with Crippen molar-refractivity contribution in [1.29, 1.82) is 0 Å². The lowest BCUT2D eigenvalue weighted by Gasteiger charge is -2.05. The molecule has 0 spiro atoms. The fourth-order valence-electron chi connectivity index (χ4n) is 1.87. The molecule has 2 aromatic carbocycles. The molecule has 0 bridgehead atoms. The highest BCUT2D eigenvalue weighted by Crippen LogP contribution is 2.23. The second kappa shape index (κ2) is 4.48. The van der Waals surface area contributed by atoms with Gasteiger partial charge in [0, 0.05) is 0 Å². The molecule has 2 rings (SSSR count). The van der Waals surface area contributed by atoms with Gasteiger partial charge in [-0.25, -0.2) is 4.39 Å². The van der Waals surface area contributed by atoms with Crippen LogP contribution in [-0.2, 0) is 6.42 Å². The second-order valence-electron chi connectivity index (χ2n) is 4.07. The van der Waals surface area contributed by atoms with Crippen LogP contribution in [-0.4, -0.2) is 0 Å². The largest absolute Gasteiger partial charge is 0.207 e. The molecule has 0 atom stereocenters. The maximum Gasteiger partial charge on any atom is 0.124 e.